The van der Waals surface area contributed by atoms with Crippen molar-refractivity contribution >= 4 is 35.8 Å². The van der Waals surface area contributed by atoms with Gasteiger partial charge in [0, 0.05) is 16.3 Å². The number of allylic oxidation sites excluding steroid dienone is 1. The number of esters is 2. The minimum Gasteiger partial charge on any atom is -0.490 e. The summed E-state index contributed by atoms with van der Waals surface area (Å²) in [6.07, 6.45) is 0.244. The van der Waals surface area contributed by atoms with E-state index < -0.39 is 24.3 Å². The molecule has 1 heterocycles. The van der Waals surface area contributed by atoms with Crippen molar-refractivity contribution in [3.8, 4) is 17.2 Å². The number of aliphatic hydroxyl groups is 1. The lowest BCUT2D eigenvalue weighted by Gasteiger charge is -2.28. The van der Waals surface area contributed by atoms with E-state index in [0.717, 1.165) is 5.56 Å². The number of methoxy groups -OCH3 is 1. The van der Waals surface area contributed by atoms with Gasteiger partial charge in [0.25, 0.3) is 0 Å². The number of amides is 2. The van der Waals surface area contributed by atoms with Crippen LogP contribution in [0.5, 0.6) is 17.2 Å². The topological polar surface area (TPSA) is 166 Å². The molecule has 2 atom stereocenters. The molecule has 0 bridgehead atoms. The minimum atomic E-state index is -1.21. The van der Waals surface area contributed by atoms with Gasteiger partial charge < -0.3 is 39.4 Å². The lowest BCUT2D eigenvalue weighted by molar-refractivity contribution is -0.136. The summed E-state index contributed by atoms with van der Waals surface area (Å²) in [6.45, 7) is 5.80. The highest BCUT2D eigenvalue weighted by Gasteiger charge is 2.32. The van der Waals surface area contributed by atoms with E-state index in [1.807, 2.05) is 0 Å². The van der Waals surface area contributed by atoms with Crippen molar-refractivity contribution in [2.24, 2.45) is 5.10 Å². The molecule has 0 saturated carbocycles. The molecule has 4 N–H and O–H groups in total. The first kappa shape index (κ1) is 35.6. The van der Waals surface area contributed by atoms with Gasteiger partial charge in [-0.05, 0) is 74.4 Å². The van der Waals surface area contributed by atoms with Gasteiger partial charge in [0.05, 0.1) is 43.7 Å². The van der Waals surface area contributed by atoms with Gasteiger partial charge in [-0.1, -0.05) is 29.8 Å². The Balaban J connectivity index is 1.38. The highest BCUT2D eigenvalue weighted by Crippen LogP contribution is 2.35. The summed E-state index contributed by atoms with van der Waals surface area (Å²) in [5.74, 6) is 0.193. The Morgan fingerprint density at radius 2 is 1.73 bits per heavy atom. The van der Waals surface area contributed by atoms with Crippen molar-refractivity contribution in [1.82, 2.24) is 16.1 Å². The molecule has 1 aliphatic heterocycles. The molecule has 0 spiro atoms. The van der Waals surface area contributed by atoms with E-state index in [0.29, 0.717) is 57.9 Å². The Morgan fingerprint density at radius 1 is 0.979 bits per heavy atom. The number of nitrogens with zero attached hydrogens (tertiary/aromatic N) is 1. The molecular weight excluding hydrogens is 644 g/mol. The smallest absolute Gasteiger partial charge is 0.338 e. The van der Waals surface area contributed by atoms with Gasteiger partial charge in [-0.15, -0.1) is 0 Å². The molecule has 4 rings (SSSR count). The number of hydrogen-bond donors (Lipinski definition) is 4. The predicted molar refractivity (Wildman–Crippen MR) is 177 cm³/mol. The summed E-state index contributed by atoms with van der Waals surface area (Å²) >= 11 is 6.20. The third-order valence-corrected chi connectivity index (χ3v) is 7.17. The predicted octanol–water partition coefficient (Wildman–Crippen LogP) is 4.62. The Morgan fingerprint density at radius 3 is 2.44 bits per heavy atom. The van der Waals surface area contributed by atoms with Gasteiger partial charge in [0.15, 0.2) is 17.7 Å². The first-order valence-electron chi connectivity index (χ1n) is 15.0. The van der Waals surface area contributed by atoms with E-state index in [-0.39, 0.29) is 24.8 Å². The summed E-state index contributed by atoms with van der Waals surface area (Å²) in [7, 11) is 1.27. The number of hydrogen-bond acceptors (Lipinski definition) is 11. The number of carbonyl (C=O) groups excluding carboxylic acids is 3. The lowest BCUT2D eigenvalue weighted by atomic mass is 9.95. The second kappa shape index (κ2) is 17.0. The average molecular weight is 681 g/mol. The van der Waals surface area contributed by atoms with E-state index in [4.69, 9.17) is 35.3 Å². The number of nitrogens with one attached hydrogen (secondary N) is 3. The average Bonchev–Trinajstić information content (AvgIpc) is 3.07. The van der Waals surface area contributed by atoms with Crippen molar-refractivity contribution in [2.75, 3.05) is 26.9 Å². The van der Waals surface area contributed by atoms with E-state index in [1.165, 1.54) is 13.3 Å². The zero-order valence-corrected chi connectivity index (χ0v) is 27.6. The maximum atomic E-state index is 12.5. The quantitative estimate of drug-likeness (QED) is 0.0770. The van der Waals surface area contributed by atoms with Crippen LogP contribution in [0, 0.1) is 0 Å². The largest absolute Gasteiger partial charge is 0.490 e. The van der Waals surface area contributed by atoms with E-state index in [9.17, 15) is 19.5 Å². The molecule has 1 aliphatic rings. The van der Waals surface area contributed by atoms with Crippen molar-refractivity contribution in [2.45, 2.75) is 39.6 Å². The third-order valence-electron chi connectivity index (χ3n) is 6.93. The molecule has 0 aromatic heterocycles. The van der Waals surface area contributed by atoms with Crippen LogP contribution < -0.4 is 30.3 Å². The SMILES string of the molecule is CCOC(=O)c1ccc(COc2ccc(Cl)cc2/C=N/N[C@H](O)COc2ccc([C@@H]3NC(=O)NC(C)=C3C(=O)OC)cc2OCC)cc1. The van der Waals surface area contributed by atoms with Gasteiger partial charge in [0.1, 0.15) is 19.0 Å². The van der Waals surface area contributed by atoms with Gasteiger partial charge in [0.2, 0.25) is 0 Å². The van der Waals surface area contributed by atoms with Crippen molar-refractivity contribution in [1.29, 1.82) is 0 Å². The molecule has 0 radical (unpaired) electrons. The molecule has 14 heteroatoms. The number of hydrazone groups is 1. The zero-order valence-electron chi connectivity index (χ0n) is 26.9. The molecule has 13 nitrogen and oxygen atoms in total. The van der Waals surface area contributed by atoms with Crippen LogP contribution in [0.3, 0.4) is 0 Å². The Kier molecular flexibility index (Phi) is 12.6. The maximum absolute atomic E-state index is 12.5. The highest BCUT2D eigenvalue weighted by molar-refractivity contribution is 6.30. The van der Waals surface area contributed by atoms with Crippen LogP contribution in [0.2, 0.25) is 5.02 Å². The summed E-state index contributed by atoms with van der Waals surface area (Å²) in [5, 5.41) is 20.4. The Hall–Kier alpha value is -5.27. The molecule has 0 fully saturated rings. The monoisotopic (exact) mass is 680 g/mol. The molecule has 3 aromatic carbocycles. The number of ether oxygens (including phenoxy) is 5. The summed E-state index contributed by atoms with van der Waals surface area (Å²) in [4.78, 5) is 36.5. The summed E-state index contributed by atoms with van der Waals surface area (Å²) in [5.41, 5.74) is 5.64. The first-order valence-corrected chi connectivity index (χ1v) is 15.4. The Labute approximate surface area is 282 Å². The fourth-order valence-electron chi connectivity index (χ4n) is 4.68. The highest BCUT2D eigenvalue weighted by atomic mass is 35.5. The van der Waals surface area contributed by atoms with E-state index >= 15 is 0 Å². The van der Waals surface area contributed by atoms with E-state index in [1.54, 1.807) is 81.4 Å². The van der Waals surface area contributed by atoms with Crippen LogP contribution >= 0.6 is 11.6 Å². The third kappa shape index (κ3) is 9.39. The number of halogens is 1. The van der Waals surface area contributed by atoms with Crippen LogP contribution in [0.4, 0.5) is 4.79 Å². The fourth-order valence-corrected chi connectivity index (χ4v) is 4.86. The first-order chi connectivity index (χ1) is 23.1. The molecule has 48 heavy (non-hydrogen) atoms. The van der Waals surface area contributed by atoms with Crippen molar-refractivity contribution in [3.05, 3.63) is 99.2 Å². The Bertz CT molecular complexity index is 1680. The van der Waals surface area contributed by atoms with Crippen molar-refractivity contribution in [3.63, 3.8) is 0 Å². The van der Waals surface area contributed by atoms with Gasteiger partial charge >= 0.3 is 18.0 Å². The molecule has 2 amide bonds. The van der Waals surface area contributed by atoms with Crippen LogP contribution in [-0.2, 0) is 20.9 Å². The number of rotatable bonds is 15. The van der Waals surface area contributed by atoms with E-state index in [2.05, 4.69) is 21.2 Å². The normalized spacial score (nSPS) is 14.9. The number of benzene rings is 3. The second-order valence-electron chi connectivity index (χ2n) is 10.3. The maximum Gasteiger partial charge on any atom is 0.338 e. The molecule has 0 unspecified atom stereocenters. The summed E-state index contributed by atoms with van der Waals surface area (Å²) in [6, 6.07) is 15.7. The minimum absolute atomic E-state index is 0.200. The second-order valence-corrected chi connectivity index (χ2v) is 10.7. The van der Waals surface area contributed by atoms with Crippen LogP contribution in [0.25, 0.3) is 0 Å². The standard InChI is InChI=1S/C34H37ClN4O9/c1-5-45-28-16-23(31-30(33(42)44-4)20(3)37-34(43)38-31)11-13-27(28)48-19-29(40)39-36-17-24-15-25(35)12-14-26(24)47-18-21-7-9-22(10-8-21)32(41)46-6-2/h7-17,29,31,39-40H,5-6,18-19H2,1-4H3,(H2,37,38,43)/b36-17+/t29-,31+/m1/s1. The molecule has 3 aromatic rings. The van der Waals surface area contributed by atoms with Crippen LogP contribution in [-0.4, -0.2) is 62.4 Å². The number of urea groups is 1. The molecule has 0 saturated heterocycles. The van der Waals surface area contributed by atoms with Gasteiger partial charge in [-0.25, -0.2) is 14.4 Å². The zero-order chi connectivity index (χ0) is 34.6. The van der Waals surface area contributed by atoms with Gasteiger partial charge in [-0.2, -0.15) is 5.10 Å². The summed E-state index contributed by atoms with van der Waals surface area (Å²) < 4.78 is 27.5. The fraction of sp³-hybridized carbons (Fsp3) is 0.294. The molecule has 254 valence electrons. The molecule has 0 aliphatic carbocycles. The lowest BCUT2D eigenvalue weighted by Crippen LogP contribution is -2.45. The van der Waals surface area contributed by atoms with Gasteiger partial charge in [-0.3, -0.25) is 5.43 Å². The van der Waals surface area contributed by atoms with Crippen LogP contribution in [0.1, 0.15) is 53.9 Å². The van der Waals surface area contributed by atoms with Crippen molar-refractivity contribution < 1.29 is 43.2 Å². The number of aliphatic hydroxyl groups excluding tert-OH is 1. The molecular formula is C34H37ClN4O9. The number of carbonyl (C=O) groups is 3. The van der Waals surface area contributed by atoms with Crippen LogP contribution in [0.15, 0.2) is 77.0 Å².